The van der Waals surface area contributed by atoms with E-state index in [0.29, 0.717) is 12.2 Å². The van der Waals surface area contributed by atoms with Gasteiger partial charge < -0.3 is 4.74 Å². The monoisotopic (exact) mass is 204 g/mol. The average Bonchev–Trinajstić information content (AvgIpc) is 2.21. The van der Waals surface area contributed by atoms with E-state index < -0.39 is 0 Å². The lowest BCUT2D eigenvalue weighted by molar-refractivity contribution is -0.138. The molecule has 0 aliphatic rings. The molecule has 0 N–H and O–H groups in total. The van der Waals surface area contributed by atoms with Crippen LogP contribution in [0.15, 0.2) is 29.8 Å². The molecule has 0 aromatic heterocycles. The predicted molar refractivity (Wildman–Crippen MR) is 61.5 cm³/mol. The molecule has 15 heavy (non-hydrogen) atoms. The molecule has 0 atom stereocenters. The highest BCUT2D eigenvalue weighted by Crippen LogP contribution is 2.12. The van der Waals surface area contributed by atoms with E-state index in [1.165, 1.54) is 0 Å². The first-order valence-electron chi connectivity index (χ1n) is 5.06. The molecule has 0 amide bonds. The lowest BCUT2D eigenvalue weighted by atomic mass is 10.1. The van der Waals surface area contributed by atoms with Crippen molar-refractivity contribution in [2.75, 3.05) is 6.61 Å². The highest BCUT2D eigenvalue weighted by molar-refractivity contribution is 5.93. The second-order valence-electron chi connectivity index (χ2n) is 3.40. The summed E-state index contributed by atoms with van der Waals surface area (Å²) in [7, 11) is 0. The summed E-state index contributed by atoms with van der Waals surface area (Å²) >= 11 is 0. The van der Waals surface area contributed by atoms with Crippen LogP contribution in [0.3, 0.4) is 0 Å². The van der Waals surface area contributed by atoms with Crippen LogP contribution >= 0.6 is 0 Å². The zero-order chi connectivity index (χ0) is 11.3. The minimum atomic E-state index is -0.249. The first-order valence-corrected chi connectivity index (χ1v) is 5.06. The van der Waals surface area contributed by atoms with Crippen molar-refractivity contribution in [1.29, 1.82) is 0 Å². The fourth-order valence-corrected chi connectivity index (χ4v) is 1.29. The molecule has 0 heterocycles. The highest BCUT2D eigenvalue weighted by atomic mass is 16.5. The first kappa shape index (κ1) is 11.5. The number of ether oxygens (including phenoxy) is 1. The molecule has 0 radical (unpaired) electrons. The predicted octanol–water partition coefficient (Wildman–Crippen LogP) is 2.96. The normalized spacial score (nSPS) is 11.3. The van der Waals surface area contributed by atoms with Crippen molar-refractivity contribution in [3.8, 4) is 0 Å². The van der Waals surface area contributed by atoms with Gasteiger partial charge in [0.2, 0.25) is 0 Å². The topological polar surface area (TPSA) is 26.3 Å². The van der Waals surface area contributed by atoms with Crippen molar-refractivity contribution in [2.24, 2.45) is 0 Å². The maximum atomic E-state index is 11.4. The fraction of sp³-hybridized carbons (Fsp3) is 0.308. The molecular formula is C13H16O2. The molecule has 0 spiro atoms. The third-order valence-corrected chi connectivity index (χ3v) is 2.16. The van der Waals surface area contributed by atoms with E-state index in [9.17, 15) is 4.79 Å². The van der Waals surface area contributed by atoms with E-state index in [0.717, 1.165) is 11.1 Å². The number of benzene rings is 1. The third-order valence-electron chi connectivity index (χ3n) is 2.16. The van der Waals surface area contributed by atoms with Crippen LogP contribution in [0.2, 0.25) is 0 Å². The SMILES string of the molecule is CCOC(=O)/C(C)=C/c1ccccc1C. The van der Waals surface area contributed by atoms with E-state index in [1.54, 1.807) is 13.8 Å². The van der Waals surface area contributed by atoms with Crippen molar-refractivity contribution in [3.05, 3.63) is 41.0 Å². The van der Waals surface area contributed by atoms with Crippen LogP contribution in [0.1, 0.15) is 25.0 Å². The van der Waals surface area contributed by atoms with Crippen molar-refractivity contribution in [1.82, 2.24) is 0 Å². The quantitative estimate of drug-likeness (QED) is 0.559. The Hall–Kier alpha value is -1.57. The van der Waals surface area contributed by atoms with Gasteiger partial charge in [-0.05, 0) is 38.0 Å². The van der Waals surface area contributed by atoms with Gasteiger partial charge in [0.1, 0.15) is 0 Å². The van der Waals surface area contributed by atoms with Gasteiger partial charge in [0.25, 0.3) is 0 Å². The smallest absolute Gasteiger partial charge is 0.333 e. The molecule has 2 nitrogen and oxygen atoms in total. The average molecular weight is 204 g/mol. The summed E-state index contributed by atoms with van der Waals surface area (Å²) in [5, 5.41) is 0. The maximum absolute atomic E-state index is 11.4. The molecule has 0 aliphatic carbocycles. The molecule has 80 valence electrons. The van der Waals surface area contributed by atoms with Crippen LogP contribution in [-0.4, -0.2) is 12.6 Å². The maximum Gasteiger partial charge on any atom is 0.333 e. The van der Waals surface area contributed by atoms with Crippen molar-refractivity contribution < 1.29 is 9.53 Å². The van der Waals surface area contributed by atoms with Crippen molar-refractivity contribution >= 4 is 12.0 Å². The van der Waals surface area contributed by atoms with E-state index in [2.05, 4.69) is 0 Å². The van der Waals surface area contributed by atoms with Gasteiger partial charge in [-0.2, -0.15) is 0 Å². The lowest BCUT2D eigenvalue weighted by Gasteiger charge is -2.03. The fourth-order valence-electron chi connectivity index (χ4n) is 1.29. The summed E-state index contributed by atoms with van der Waals surface area (Å²) in [5.41, 5.74) is 2.84. The number of hydrogen-bond acceptors (Lipinski definition) is 2. The number of carbonyl (C=O) groups is 1. The standard InChI is InChI=1S/C13H16O2/c1-4-15-13(14)11(3)9-12-8-6-5-7-10(12)2/h5-9H,4H2,1-3H3/b11-9+. The Balaban J connectivity index is 2.88. The van der Waals surface area contributed by atoms with Gasteiger partial charge in [0.15, 0.2) is 0 Å². The van der Waals surface area contributed by atoms with Gasteiger partial charge >= 0.3 is 5.97 Å². The Kier molecular flexibility index (Phi) is 4.10. The molecule has 1 aromatic carbocycles. The molecule has 0 saturated carbocycles. The summed E-state index contributed by atoms with van der Waals surface area (Å²) in [6.45, 7) is 6.01. The molecule has 0 unspecified atom stereocenters. The van der Waals surface area contributed by atoms with Crippen LogP contribution in [0.25, 0.3) is 6.08 Å². The van der Waals surface area contributed by atoms with Crippen LogP contribution in [0.5, 0.6) is 0 Å². The molecule has 1 aromatic rings. The van der Waals surface area contributed by atoms with Crippen LogP contribution in [0, 0.1) is 6.92 Å². The Labute approximate surface area is 90.6 Å². The van der Waals surface area contributed by atoms with Gasteiger partial charge in [-0.25, -0.2) is 4.79 Å². The minimum Gasteiger partial charge on any atom is -0.463 e. The summed E-state index contributed by atoms with van der Waals surface area (Å²) in [6.07, 6.45) is 1.85. The van der Waals surface area contributed by atoms with Gasteiger partial charge in [-0.3, -0.25) is 0 Å². The van der Waals surface area contributed by atoms with Crippen LogP contribution in [-0.2, 0) is 9.53 Å². The Morgan fingerprint density at radius 1 is 1.40 bits per heavy atom. The number of carbonyl (C=O) groups excluding carboxylic acids is 1. The molecule has 0 fully saturated rings. The molecule has 0 aliphatic heterocycles. The first-order chi connectivity index (χ1) is 7.15. The van der Waals surface area contributed by atoms with Crippen molar-refractivity contribution in [2.45, 2.75) is 20.8 Å². The number of aryl methyl sites for hydroxylation is 1. The van der Waals surface area contributed by atoms with Crippen LogP contribution in [0.4, 0.5) is 0 Å². The Morgan fingerprint density at radius 3 is 2.67 bits per heavy atom. The van der Waals surface area contributed by atoms with Gasteiger partial charge in [-0.1, -0.05) is 24.3 Å². The molecular weight excluding hydrogens is 188 g/mol. The summed E-state index contributed by atoms with van der Waals surface area (Å²) < 4.78 is 4.91. The summed E-state index contributed by atoms with van der Waals surface area (Å²) in [4.78, 5) is 11.4. The van der Waals surface area contributed by atoms with Crippen LogP contribution < -0.4 is 0 Å². The molecule has 2 heteroatoms. The minimum absolute atomic E-state index is 0.249. The van der Waals surface area contributed by atoms with Gasteiger partial charge in [-0.15, -0.1) is 0 Å². The largest absolute Gasteiger partial charge is 0.463 e. The van der Waals surface area contributed by atoms with E-state index in [1.807, 2.05) is 37.3 Å². The number of esters is 1. The van der Waals surface area contributed by atoms with Gasteiger partial charge in [0, 0.05) is 5.57 Å². The molecule has 1 rings (SSSR count). The second-order valence-corrected chi connectivity index (χ2v) is 3.40. The number of rotatable bonds is 3. The van der Waals surface area contributed by atoms with Gasteiger partial charge in [0.05, 0.1) is 6.61 Å². The zero-order valence-electron chi connectivity index (χ0n) is 9.41. The summed E-state index contributed by atoms with van der Waals surface area (Å²) in [5.74, 6) is -0.249. The van der Waals surface area contributed by atoms with E-state index >= 15 is 0 Å². The summed E-state index contributed by atoms with van der Waals surface area (Å²) in [6, 6.07) is 7.94. The Morgan fingerprint density at radius 2 is 2.07 bits per heavy atom. The third kappa shape index (κ3) is 3.24. The highest BCUT2D eigenvalue weighted by Gasteiger charge is 2.04. The molecule has 0 bridgehead atoms. The number of hydrogen-bond donors (Lipinski definition) is 0. The van der Waals surface area contributed by atoms with E-state index in [4.69, 9.17) is 4.74 Å². The lowest BCUT2D eigenvalue weighted by Crippen LogP contribution is -2.04. The van der Waals surface area contributed by atoms with E-state index in [-0.39, 0.29) is 5.97 Å². The molecule has 0 saturated heterocycles. The van der Waals surface area contributed by atoms with Crippen molar-refractivity contribution in [3.63, 3.8) is 0 Å². The zero-order valence-corrected chi connectivity index (χ0v) is 9.41. The Bertz CT molecular complexity index is 378. The second kappa shape index (κ2) is 5.35.